The molecule has 1 heterocycles. The van der Waals surface area contributed by atoms with Crippen molar-refractivity contribution in [1.82, 2.24) is 5.32 Å². The maximum atomic E-state index is 11.9. The summed E-state index contributed by atoms with van der Waals surface area (Å²) in [7, 11) is 0. The Hall–Kier alpha value is -2.08. The Morgan fingerprint density at radius 3 is 2.70 bits per heavy atom. The largest absolute Gasteiger partial charge is 0.478 e. The summed E-state index contributed by atoms with van der Waals surface area (Å²) in [5, 5.41) is 14.5. The van der Waals surface area contributed by atoms with E-state index < -0.39 is 5.97 Å². The molecule has 2 unspecified atom stereocenters. The number of benzene rings is 1. The SMILES string of the molecule is Cc1cc(C(=O)O)ccc1NC(=O)NC1CCOC1C. The summed E-state index contributed by atoms with van der Waals surface area (Å²) >= 11 is 0. The first kappa shape index (κ1) is 14.3. The second kappa shape index (κ2) is 5.92. The number of ether oxygens (including phenoxy) is 1. The summed E-state index contributed by atoms with van der Waals surface area (Å²) in [4.78, 5) is 22.7. The van der Waals surface area contributed by atoms with Crippen LogP contribution in [0.1, 0.15) is 29.3 Å². The van der Waals surface area contributed by atoms with Crippen LogP contribution in [-0.2, 0) is 4.74 Å². The average molecular weight is 278 g/mol. The van der Waals surface area contributed by atoms with Gasteiger partial charge in [-0.1, -0.05) is 0 Å². The first-order valence-corrected chi connectivity index (χ1v) is 6.50. The number of rotatable bonds is 3. The molecular weight excluding hydrogens is 260 g/mol. The molecule has 0 radical (unpaired) electrons. The van der Waals surface area contributed by atoms with E-state index in [9.17, 15) is 9.59 Å². The third-order valence-corrected chi connectivity index (χ3v) is 3.41. The summed E-state index contributed by atoms with van der Waals surface area (Å²) < 4.78 is 5.37. The molecule has 0 aromatic heterocycles. The van der Waals surface area contributed by atoms with Gasteiger partial charge in [0.15, 0.2) is 0 Å². The molecule has 0 spiro atoms. The minimum atomic E-state index is -0.985. The van der Waals surface area contributed by atoms with Crippen molar-refractivity contribution >= 4 is 17.7 Å². The summed E-state index contributed by atoms with van der Waals surface area (Å²) in [6, 6.07) is 4.28. The highest BCUT2D eigenvalue weighted by Crippen LogP contribution is 2.17. The number of carboxylic acid groups (broad SMARTS) is 1. The van der Waals surface area contributed by atoms with Crippen molar-refractivity contribution < 1.29 is 19.4 Å². The minimum absolute atomic E-state index is 0.00796. The molecule has 1 fully saturated rings. The second-order valence-electron chi connectivity index (χ2n) is 4.90. The van der Waals surface area contributed by atoms with Gasteiger partial charge in [-0.2, -0.15) is 0 Å². The molecule has 3 N–H and O–H groups in total. The third-order valence-electron chi connectivity index (χ3n) is 3.41. The van der Waals surface area contributed by atoms with Crippen molar-refractivity contribution in [3.05, 3.63) is 29.3 Å². The van der Waals surface area contributed by atoms with Gasteiger partial charge in [-0.05, 0) is 44.0 Å². The predicted molar refractivity (Wildman–Crippen MR) is 74.1 cm³/mol. The zero-order chi connectivity index (χ0) is 14.7. The number of hydrogen-bond donors (Lipinski definition) is 3. The van der Waals surface area contributed by atoms with Gasteiger partial charge >= 0.3 is 12.0 Å². The maximum Gasteiger partial charge on any atom is 0.335 e. The average Bonchev–Trinajstić information content (AvgIpc) is 2.77. The first-order chi connectivity index (χ1) is 9.47. The zero-order valence-electron chi connectivity index (χ0n) is 11.5. The highest BCUT2D eigenvalue weighted by molar-refractivity contribution is 5.92. The fraction of sp³-hybridized carbons (Fsp3) is 0.429. The molecular formula is C14H18N2O4. The Labute approximate surface area is 117 Å². The van der Waals surface area contributed by atoms with Crippen molar-refractivity contribution in [2.24, 2.45) is 0 Å². The molecule has 108 valence electrons. The van der Waals surface area contributed by atoms with E-state index in [4.69, 9.17) is 9.84 Å². The van der Waals surface area contributed by atoms with Gasteiger partial charge in [0.25, 0.3) is 0 Å². The molecule has 2 atom stereocenters. The monoisotopic (exact) mass is 278 g/mol. The predicted octanol–water partition coefficient (Wildman–Crippen LogP) is 1.99. The van der Waals surface area contributed by atoms with Gasteiger partial charge in [0.05, 0.1) is 17.7 Å². The van der Waals surface area contributed by atoms with Crippen LogP contribution in [-0.4, -0.2) is 35.9 Å². The van der Waals surface area contributed by atoms with Crippen molar-refractivity contribution in [2.45, 2.75) is 32.4 Å². The molecule has 20 heavy (non-hydrogen) atoms. The van der Waals surface area contributed by atoms with Crippen LogP contribution < -0.4 is 10.6 Å². The number of aryl methyl sites for hydroxylation is 1. The first-order valence-electron chi connectivity index (χ1n) is 6.50. The number of carbonyl (C=O) groups excluding carboxylic acids is 1. The van der Waals surface area contributed by atoms with Crippen molar-refractivity contribution in [1.29, 1.82) is 0 Å². The summed E-state index contributed by atoms with van der Waals surface area (Å²) in [6.07, 6.45) is 0.808. The number of hydrogen-bond acceptors (Lipinski definition) is 3. The highest BCUT2D eigenvalue weighted by Gasteiger charge is 2.25. The number of carbonyl (C=O) groups is 2. The maximum absolute atomic E-state index is 11.9. The molecule has 2 rings (SSSR count). The van der Waals surface area contributed by atoms with Crippen molar-refractivity contribution in [3.8, 4) is 0 Å². The Balaban J connectivity index is 1.99. The zero-order valence-corrected chi connectivity index (χ0v) is 11.5. The summed E-state index contributed by atoms with van der Waals surface area (Å²) in [6.45, 7) is 4.33. The van der Waals surface area contributed by atoms with Crippen LogP contribution in [0.25, 0.3) is 0 Å². The molecule has 6 heteroatoms. The molecule has 1 aliphatic heterocycles. The van der Waals surface area contributed by atoms with Crippen LogP contribution in [0, 0.1) is 6.92 Å². The molecule has 1 saturated heterocycles. The van der Waals surface area contributed by atoms with E-state index in [1.807, 2.05) is 6.92 Å². The number of carboxylic acids is 1. The van der Waals surface area contributed by atoms with Crippen LogP contribution in [0.4, 0.5) is 10.5 Å². The van der Waals surface area contributed by atoms with Gasteiger partial charge in [0.1, 0.15) is 0 Å². The quantitative estimate of drug-likeness (QED) is 0.789. The topological polar surface area (TPSA) is 87.7 Å². The molecule has 2 amide bonds. The fourth-order valence-corrected chi connectivity index (χ4v) is 2.19. The molecule has 1 aromatic carbocycles. The second-order valence-corrected chi connectivity index (χ2v) is 4.90. The van der Waals surface area contributed by atoms with Crippen LogP contribution in [0.3, 0.4) is 0 Å². The van der Waals surface area contributed by atoms with Crippen LogP contribution in [0.15, 0.2) is 18.2 Å². The lowest BCUT2D eigenvalue weighted by Crippen LogP contribution is -2.41. The fourth-order valence-electron chi connectivity index (χ4n) is 2.19. The minimum Gasteiger partial charge on any atom is -0.478 e. The summed E-state index contributed by atoms with van der Waals surface area (Å²) in [5.41, 5.74) is 1.50. The van der Waals surface area contributed by atoms with Gasteiger partial charge in [-0.15, -0.1) is 0 Å². The number of urea groups is 1. The van der Waals surface area contributed by atoms with E-state index >= 15 is 0 Å². The normalized spacial score (nSPS) is 21.5. The van der Waals surface area contributed by atoms with Gasteiger partial charge in [-0.25, -0.2) is 9.59 Å². The number of anilines is 1. The molecule has 0 bridgehead atoms. The Kier molecular flexibility index (Phi) is 4.24. The number of amides is 2. The number of nitrogens with one attached hydrogen (secondary N) is 2. The molecule has 0 aliphatic carbocycles. The molecule has 6 nitrogen and oxygen atoms in total. The lowest BCUT2D eigenvalue weighted by molar-refractivity contribution is 0.0697. The van der Waals surface area contributed by atoms with E-state index in [1.165, 1.54) is 12.1 Å². The van der Waals surface area contributed by atoms with Crippen molar-refractivity contribution in [2.75, 3.05) is 11.9 Å². The highest BCUT2D eigenvalue weighted by atomic mass is 16.5. The summed E-state index contributed by atoms with van der Waals surface area (Å²) in [5.74, 6) is -0.985. The van der Waals surface area contributed by atoms with E-state index in [1.54, 1.807) is 13.0 Å². The van der Waals surface area contributed by atoms with Gasteiger partial charge in [0.2, 0.25) is 0 Å². The Morgan fingerprint density at radius 1 is 1.40 bits per heavy atom. The Bertz CT molecular complexity index is 530. The van der Waals surface area contributed by atoms with E-state index in [-0.39, 0.29) is 23.7 Å². The van der Waals surface area contributed by atoms with Gasteiger partial charge < -0.3 is 20.5 Å². The van der Waals surface area contributed by atoms with Crippen LogP contribution in [0.5, 0.6) is 0 Å². The number of aromatic carboxylic acids is 1. The third kappa shape index (κ3) is 3.27. The molecule has 1 aliphatic rings. The van der Waals surface area contributed by atoms with E-state index in [0.717, 1.165) is 6.42 Å². The lowest BCUT2D eigenvalue weighted by Gasteiger charge is -2.17. The Morgan fingerprint density at radius 2 is 2.15 bits per heavy atom. The standard InChI is InChI=1S/C14H18N2O4/c1-8-7-10(13(17)18)3-4-11(8)15-14(19)16-12-5-6-20-9(12)2/h3-4,7,9,12H,5-6H2,1-2H3,(H,17,18)(H2,15,16,19). The smallest absolute Gasteiger partial charge is 0.335 e. The van der Waals surface area contributed by atoms with Crippen LogP contribution in [0.2, 0.25) is 0 Å². The van der Waals surface area contributed by atoms with E-state index in [2.05, 4.69) is 10.6 Å². The van der Waals surface area contributed by atoms with Crippen molar-refractivity contribution in [3.63, 3.8) is 0 Å². The van der Waals surface area contributed by atoms with Gasteiger partial charge in [-0.3, -0.25) is 0 Å². The van der Waals surface area contributed by atoms with Gasteiger partial charge in [0, 0.05) is 12.3 Å². The lowest BCUT2D eigenvalue weighted by atomic mass is 10.1. The molecule has 1 aromatic rings. The van der Waals surface area contributed by atoms with E-state index in [0.29, 0.717) is 17.9 Å². The molecule has 0 saturated carbocycles. The van der Waals surface area contributed by atoms with Crippen LogP contribution >= 0.6 is 0 Å².